The zero-order chi connectivity index (χ0) is 11.1. The van der Waals surface area contributed by atoms with E-state index in [-0.39, 0.29) is 12.1 Å². The average molecular weight is 213 g/mol. The van der Waals surface area contributed by atoms with E-state index in [1.54, 1.807) is 7.11 Å². The van der Waals surface area contributed by atoms with Crippen LogP contribution >= 0.6 is 0 Å². The van der Waals surface area contributed by atoms with Crippen molar-refractivity contribution in [2.24, 2.45) is 11.7 Å². The fraction of sp³-hybridized carbons (Fsp3) is 1.00. The molecule has 15 heavy (non-hydrogen) atoms. The molecule has 0 spiro atoms. The number of nitrogens with two attached hydrogens (primary N) is 1. The lowest BCUT2D eigenvalue weighted by atomic mass is 9.87. The van der Waals surface area contributed by atoms with Gasteiger partial charge < -0.3 is 10.5 Å². The van der Waals surface area contributed by atoms with E-state index in [9.17, 15) is 0 Å². The van der Waals surface area contributed by atoms with Crippen molar-refractivity contribution in [2.75, 3.05) is 7.11 Å². The third kappa shape index (κ3) is 4.12. The van der Waals surface area contributed by atoms with Crippen LogP contribution in [0.2, 0.25) is 0 Å². The Morgan fingerprint density at radius 3 is 2.27 bits per heavy atom. The van der Waals surface area contributed by atoms with Crippen LogP contribution in [0, 0.1) is 5.92 Å². The Kier molecular flexibility index (Phi) is 6.26. The molecule has 1 aliphatic rings. The maximum Gasteiger partial charge on any atom is 0.0724 e. The second-order valence-corrected chi connectivity index (χ2v) is 4.89. The van der Waals surface area contributed by atoms with Crippen LogP contribution in [0.5, 0.6) is 0 Å². The van der Waals surface area contributed by atoms with E-state index in [4.69, 9.17) is 10.5 Å². The van der Waals surface area contributed by atoms with Gasteiger partial charge in [-0.25, -0.2) is 0 Å². The Balaban J connectivity index is 2.43. The maximum atomic E-state index is 6.33. The lowest BCUT2D eigenvalue weighted by Gasteiger charge is -2.29. The molecule has 0 aromatic heterocycles. The molecule has 2 atom stereocenters. The predicted molar refractivity (Wildman–Crippen MR) is 64.9 cm³/mol. The molecule has 0 aromatic rings. The Hall–Kier alpha value is -0.0800. The number of methoxy groups -OCH3 is 1. The highest BCUT2D eigenvalue weighted by molar-refractivity contribution is 4.82. The molecule has 2 N–H and O–H groups in total. The van der Waals surface area contributed by atoms with Gasteiger partial charge in [0.25, 0.3) is 0 Å². The fourth-order valence-corrected chi connectivity index (χ4v) is 2.75. The molecule has 1 aliphatic carbocycles. The summed E-state index contributed by atoms with van der Waals surface area (Å²) in [5.41, 5.74) is 6.33. The van der Waals surface area contributed by atoms with Crippen molar-refractivity contribution in [3.8, 4) is 0 Å². The molecule has 0 bridgehead atoms. The summed E-state index contributed by atoms with van der Waals surface area (Å²) in [4.78, 5) is 0. The van der Waals surface area contributed by atoms with Crippen LogP contribution in [-0.4, -0.2) is 19.3 Å². The SMILES string of the molecule is CCCC(OC)C(N)C1CCCCCC1. The summed E-state index contributed by atoms with van der Waals surface area (Å²) in [5.74, 6) is 0.698. The van der Waals surface area contributed by atoms with Gasteiger partial charge in [-0.2, -0.15) is 0 Å². The smallest absolute Gasteiger partial charge is 0.0724 e. The van der Waals surface area contributed by atoms with E-state index in [0.29, 0.717) is 5.92 Å². The second-order valence-electron chi connectivity index (χ2n) is 4.89. The minimum absolute atomic E-state index is 0.257. The van der Waals surface area contributed by atoms with Crippen molar-refractivity contribution in [1.29, 1.82) is 0 Å². The minimum Gasteiger partial charge on any atom is -0.380 e. The Labute approximate surface area is 94.6 Å². The van der Waals surface area contributed by atoms with Gasteiger partial charge in [-0.1, -0.05) is 39.0 Å². The molecule has 1 rings (SSSR count). The maximum absolute atomic E-state index is 6.33. The molecule has 2 heteroatoms. The molecule has 1 fully saturated rings. The molecule has 0 radical (unpaired) electrons. The molecule has 2 unspecified atom stereocenters. The topological polar surface area (TPSA) is 35.2 Å². The highest BCUT2D eigenvalue weighted by Gasteiger charge is 2.26. The van der Waals surface area contributed by atoms with Crippen molar-refractivity contribution in [1.82, 2.24) is 0 Å². The quantitative estimate of drug-likeness (QED) is 0.712. The zero-order valence-corrected chi connectivity index (χ0v) is 10.4. The monoisotopic (exact) mass is 213 g/mol. The molecule has 0 amide bonds. The van der Waals surface area contributed by atoms with Gasteiger partial charge in [0.1, 0.15) is 0 Å². The molecule has 0 heterocycles. The summed E-state index contributed by atoms with van der Waals surface area (Å²) in [6.45, 7) is 2.20. The van der Waals surface area contributed by atoms with Crippen LogP contribution in [0.15, 0.2) is 0 Å². The molecule has 0 aliphatic heterocycles. The van der Waals surface area contributed by atoms with E-state index >= 15 is 0 Å². The molecular weight excluding hydrogens is 186 g/mol. The molecule has 1 saturated carbocycles. The summed E-state index contributed by atoms with van der Waals surface area (Å²) < 4.78 is 5.52. The van der Waals surface area contributed by atoms with Gasteiger partial charge in [-0.15, -0.1) is 0 Å². The van der Waals surface area contributed by atoms with Gasteiger partial charge in [-0.05, 0) is 25.2 Å². The van der Waals surface area contributed by atoms with Crippen molar-refractivity contribution >= 4 is 0 Å². The molecule has 2 nitrogen and oxygen atoms in total. The highest BCUT2D eigenvalue weighted by Crippen LogP contribution is 2.27. The van der Waals surface area contributed by atoms with Gasteiger partial charge in [0.05, 0.1) is 6.10 Å². The number of ether oxygens (including phenoxy) is 1. The van der Waals surface area contributed by atoms with Gasteiger partial charge >= 0.3 is 0 Å². The van der Waals surface area contributed by atoms with Crippen molar-refractivity contribution < 1.29 is 4.74 Å². The number of hydrogen-bond acceptors (Lipinski definition) is 2. The van der Waals surface area contributed by atoms with Gasteiger partial charge in [0.2, 0.25) is 0 Å². The largest absolute Gasteiger partial charge is 0.380 e. The van der Waals surface area contributed by atoms with E-state index in [1.165, 1.54) is 44.9 Å². The molecule has 0 saturated heterocycles. The summed E-state index contributed by atoms with van der Waals surface area (Å²) >= 11 is 0. The molecule has 90 valence electrons. The van der Waals surface area contributed by atoms with Gasteiger partial charge in [0.15, 0.2) is 0 Å². The predicted octanol–water partition coefficient (Wildman–Crippen LogP) is 3.10. The Bertz CT molecular complexity index is 153. The van der Waals surface area contributed by atoms with E-state index in [0.717, 1.165) is 6.42 Å². The molecule has 0 aromatic carbocycles. The van der Waals surface area contributed by atoms with Crippen LogP contribution in [0.3, 0.4) is 0 Å². The first-order chi connectivity index (χ1) is 7.29. The third-order valence-electron chi connectivity index (χ3n) is 3.75. The highest BCUT2D eigenvalue weighted by atomic mass is 16.5. The summed E-state index contributed by atoms with van der Waals surface area (Å²) in [7, 11) is 1.80. The van der Waals surface area contributed by atoms with Crippen LogP contribution in [-0.2, 0) is 4.74 Å². The summed E-state index contributed by atoms with van der Waals surface area (Å²) in [6, 6.07) is 0.257. The number of hydrogen-bond donors (Lipinski definition) is 1. The van der Waals surface area contributed by atoms with Crippen molar-refractivity contribution in [3.05, 3.63) is 0 Å². The first-order valence-electron chi connectivity index (χ1n) is 6.58. The normalized spacial score (nSPS) is 23.4. The lowest BCUT2D eigenvalue weighted by Crippen LogP contribution is -2.42. The standard InChI is InChI=1S/C13H27NO/c1-3-8-12(15-2)13(14)11-9-6-4-5-7-10-11/h11-13H,3-10,14H2,1-2H3. The first kappa shape index (κ1) is 13.0. The van der Waals surface area contributed by atoms with E-state index in [2.05, 4.69) is 6.92 Å². The first-order valence-corrected chi connectivity index (χ1v) is 6.58. The number of rotatable bonds is 5. The van der Waals surface area contributed by atoms with Crippen molar-refractivity contribution in [3.63, 3.8) is 0 Å². The van der Waals surface area contributed by atoms with Gasteiger partial charge in [0, 0.05) is 13.2 Å². The van der Waals surface area contributed by atoms with Crippen LogP contribution in [0.1, 0.15) is 58.3 Å². The minimum atomic E-state index is 0.257. The zero-order valence-electron chi connectivity index (χ0n) is 10.4. The van der Waals surface area contributed by atoms with Crippen LogP contribution in [0.4, 0.5) is 0 Å². The third-order valence-corrected chi connectivity index (χ3v) is 3.75. The Morgan fingerprint density at radius 1 is 1.20 bits per heavy atom. The molecular formula is C13H27NO. The van der Waals surface area contributed by atoms with Crippen molar-refractivity contribution in [2.45, 2.75) is 70.4 Å². The summed E-state index contributed by atoms with van der Waals surface area (Å²) in [5, 5.41) is 0. The van der Waals surface area contributed by atoms with E-state index in [1.807, 2.05) is 0 Å². The fourth-order valence-electron chi connectivity index (χ4n) is 2.75. The van der Waals surface area contributed by atoms with Gasteiger partial charge in [-0.3, -0.25) is 0 Å². The van der Waals surface area contributed by atoms with Crippen LogP contribution < -0.4 is 5.73 Å². The lowest BCUT2D eigenvalue weighted by molar-refractivity contribution is 0.0515. The Morgan fingerprint density at radius 2 is 1.80 bits per heavy atom. The van der Waals surface area contributed by atoms with E-state index < -0.39 is 0 Å². The second kappa shape index (κ2) is 7.24. The summed E-state index contributed by atoms with van der Waals surface area (Å²) in [6.07, 6.45) is 10.7. The van der Waals surface area contributed by atoms with Crippen LogP contribution in [0.25, 0.3) is 0 Å². The average Bonchev–Trinajstić information content (AvgIpc) is 2.53.